The minimum Gasteiger partial charge on any atom is -0.478 e. The Hall–Kier alpha value is -2.08. The van der Waals surface area contributed by atoms with Crippen molar-refractivity contribution >= 4 is 23.3 Å². The molecule has 1 aliphatic heterocycles. The van der Waals surface area contributed by atoms with Crippen molar-refractivity contribution in [3.63, 3.8) is 0 Å². The summed E-state index contributed by atoms with van der Waals surface area (Å²) in [5.74, 6) is -1.02. The number of carbonyl (C=O) groups excluding carboxylic acids is 1. The fraction of sp³-hybridized carbons (Fsp3) is 0.385. The van der Waals surface area contributed by atoms with Crippen LogP contribution in [0.3, 0.4) is 0 Å². The Labute approximate surface area is 111 Å². The standard InChI is InChI=1S/C13H17N3O3/c1-8(6-14)16-7-12(17)15(2)10-4-3-9(13(18)19)5-11(10)16/h3-5,8H,6-7,14H2,1-2H3,(H,18,19). The molecule has 2 rings (SSSR count). The van der Waals surface area contributed by atoms with Crippen molar-refractivity contribution in [3.8, 4) is 0 Å². The van der Waals surface area contributed by atoms with Crippen molar-refractivity contribution in [1.82, 2.24) is 0 Å². The number of anilines is 2. The van der Waals surface area contributed by atoms with Crippen LogP contribution in [-0.4, -0.2) is 43.2 Å². The highest BCUT2D eigenvalue weighted by atomic mass is 16.4. The van der Waals surface area contributed by atoms with Gasteiger partial charge in [0, 0.05) is 19.6 Å². The van der Waals surface area contributed by atoms with Crippen molar-refractivity contribution in [1.29, 1.82) is 0 Å². The van der Waals surface area contributed by atoms with Gasteiger partial charge in [0.1, 0.15) is 0 Å². The molecule has 0 saturated heterocycles. The molecule has 6 nitrogen and oxygen atoms in total. The highest BCUT2D eigenvalue weighted by Crippen LogP contribution is 2.34. The van der Waals surface area contributed by atoms with E-state index in [4.69, 9.17) is 10.8 Å². The lowest BCUT2D eigenvalue weighted by atomic mass is 10.1. The van der Waals surface area contributed by atoms with Gasteiger partial charge in [-0.3, -0.25) is 4.79 Å². The van der Waals surface area contributed by atoms with Gasteiger partial charge in [-0.1, -0.05) is 0 Å². The molecule has 0 radical (unpaired) electrons. The first-order chi connectivity index (χ1) is 8.95. The Balaban J connectivity index is 2.54. The molecule has 0 aliphatic carbocycles. The van der Waals surface area contributed by atoms with E-state index < -0.39 is 5.97 Å². The van der Waals surface area contributed by atoms with Crippen molar-refractivity contribution in [2.24, 2.45) is 5.73 Å². The largest absolute Gasteiger partial charge is 0.478 e. The molecule has 1 atom stereocenters. The Morgan fingerprint density at radius 1 is 1.47 bits per heavy atom. The maximum Gasteiger partial charge on any atom is 0.335 e. The third kappa shape index (κ3) is 2.26. The quantitative estimate of drug-likeness (QED) is 0.830. The molecule has 102 valence electrons. The third-order valence-electron chi connectivity index (χ3n) is 3.45. The van der Waals surface area contributed by atoms with Crippen LogP contribution in [0.1, 0.15) is 17.3 Å². The monoisotopic (exact) mass is 263 g/mol. The predicted molar refractivity (Wildman–Crippen MR) is 72.7 cm³/mol. The highest BCUT2D eigenvalue weighted by Gasteiger charge is 2.29. The Morgan fingerprint density at radius 2 is 2.16 bits per heavy atom. The van der Waals surface area contributed by atoms with Gasteiger partial charge >= 0.3 is 5.97 Å². The molecule has 0 spiro atoms. The first-order valence-corrected chi connectivity index (χ1v) is 6.06. The molecule has 0 fully saturated rings. The molecule has 3 N–H and O–H groups in total. The number of hydrogen-bond acceptors (Lipinski definition) is 4. The highest BCUT2D eigenvalue weighted by molar-refractivity contribution is 6.04. The number of rotatable bonds is 3. The molecule has 0 bridgehead atoms. The van der Waals surface area contributed by atoms with Gasteiger partial charge in [0.2, 0.25) is 5.91 Å². The minimum absolute atomic E-state index is 0.0274. The maximum absolute atomic E-state index is 11.9. The van der Waals surface area contributed by atoms with Crippen LogP contribution in [0.15, 0.2) is 18.2 Å². The normalized spacial score (nSPS) is 16.3. The zero-order chi connectivity index (χ0) is 14.2. The van der Waals surface area contributed by atoms with E-state index in [1.54, 1.807) is 24.1 Å². The summed E-state index contributed by atoms with van der Waals surface area (Å²) < 4.78 is 0. The molecule has 1 heterocycles. The molecule has 6 heteroatoms. The average molecular weight is 263 g/mol. The molecular formula is C13H17N3O3. The summed E-state index contributed by atoms with van der Waals surface area (Å²) in [5.41, 5.74) is 7.31. The summed E-state index contributed by atoms with van der Waals surface area (Å²) in [4.78, 5) is 26.4. The Morgan fingerprint density at radius 3 is 2.74 bits per heavy atom. The number of fused-ring (bicyclic) bond motifs is 1. The maximum atomic E-state index is 11.9. The summed E-state index contributed by atoms with van der Waals surface area (Å²) in [6, 6.07) is 4.72. The van der Waals surface area contributed by atoms with E-state index in [1.807, 2.05) is 11.8 Å². The number of nitrogens with two attached hydrogens (primary N) is 1. The number of carbonyl (C=O) groups is 2. The lowest BCUT2D eigenvalue weighted by Crippen LogP contribution is -2.49. The molecule has 0 saturated carbocycles. The summed E-state index contributed by atoms with van der Waals surface area (Å²) >= 11 is 0. The van der Waals surface area contributed by atoms with Crippen LogP contribution in [-0.2, 0) is 4.79 Å². The third-order valence-corrected chi connectivity index (χ3v) is 3.45. The number of amides is 1. The Kier molecular flexibility index (Phi) is 3.44. The topological polar surface area (TPSA) is 86.9 Å². The average Bonchev–Trinajstić information content (AvgIpc) is 2.41. The fourth-order valence-electron chi connectivity index (χ4n) is 2.16. The second kappa shape index (κ2) is 4.89. The number of carboxylic acid groups (broad SMARTS) is 1. The van der Waals surface area contributed by atoms with Crippen molar-refractivity contribution in [2.45, 2.75) is 13.0 Å². The van der Waals surface area contributed by atoms with E-state index in [2.05, 4.69) is 0 Å². The minimum atomic E-state index is -0.984. The van der Waals surface area contributed by atoms with Crippen LogP contribution < -0.4 is 15.5 Å². The van der Waals surface area contributed by atoms with Gasteiger partial charge in [-0.2, -0.15) is 0 Å². The number of likely N-dealkylation sites (N-methyl/N-ethyl adjacent to an activating group) is 1. The molecule has 1 unspecified atom stereocenters. The molecule has 1 aliphatic rings. The van der Waals surface area contributed by atoms with Crippen LogP contribution in [0.2, 0.25) is 0 Å². The van der Waals surface area contributed by atoms with Crippen LogP contribution >= 0.6 is 0 Å². The summed E-state index contributed by atoms with van der Waals surface area (Å²) in [7, 11) is 1.69. The van der Waals surface area contributed by atoms with E-state index in [0.29, 0.717) is 12.2 Å². The van der Waals surface area contributed by atoms with Crippen LogP contribution in [0.4, 0.5) is 11.4 Å². The molecule has 1 aromatic rings. The van der Waals surface area contributed by atoms with E-state index in [1.165, 1.54) is 6.07 Å². The summed E-state index contributed by atoms with van der Waals surface area (Å²) in [6.07, 6.45) is 0. The van der Waals surface area contributed by atoms with Crippen molar-refractivity contribution in [2.75, 3.05) is 29.9 Å². The van der Waals surface area contributed by atoms with Crippen molar-refractivity contribution < 1.29 is 14.7 Å². The lowest BCUT2D eigenvalue weighted by Gasteiger charge is -2.38. The zero-order valence-electron chi connectivity index (χ0n) is 11.0. The Bertz CT molecular complexity index is 530. The van der Waals surface area contributed by atoms with Gasteiger partial charge in [-0.25, -0.2) is 4.79 Å². The number of aromatic carboxylic acids is 1. The van der Waals surface area contributed by atoms with E-state index in [0.717, 1.165) is 5.69 Å². The number of nitrogens with zero attached hydrogens (tertiary/aromatic N) is 2. The summed E-state index contributed by atoms with van der Waals surface area (Å²) in [6.45, 7) is 2.52. The first kappa shape index (κ1) is 13.4. The van der Waals surface area contributed by atoms with E-state index in [-0.39, 0.29) is 24.1 Å². The van der Waals surface area contributed by atoms with Gasteiger partial charge < -0.3 is 20.6 Å². The fourth-order valence-corrected chi connectivity index (χ4v) is 2.16. The van der Waals surface area contributed by atoms with Crippen LogP contribution in [0.5, 0.6) is 0 Å². The molecule has 19 heavy (non-hydrogen) atoms. The van der Waals surface area contributed by atoms with Crippen LogP contribution in [0.25, 0.3) is 0 Å². The molecule has 1 aromatic carbocycles. The van der Waals surface area contributed by atoms with E-state index >= 15 is 0 Å². The smallest absolute Gasteiger partial charge is 0.335 e. The summed E-state index contributed by atoms with van der Waals surface area (Å²) in [5, 5.41) is 9.06. The lowest BCUT2D eigenvalue weighted by molar-refractivity contribution is -0.117. The van der Waals surface area contributed by atoms with E-state index in [9.17, 15) is 9.59 Å². The van der Waals surface area contributed by atoms with Crippen molar-refractivity contribution in [3.05, 3.63) is 23.8 Å². The van der Waals surface area contributed by atoms with Crippen LogP contribution in [0, 0.1) is 0 Å². The molecular weight excluding hydrogens is 246 g/mol. The number of carboxylic acids is 1. The first-order valence-electron chi connectivity index (χ1n) is 6.06. The molecule has 1 amide bonds. The van der Waals surface area contributed by atoms with Gasteiger partial charge in [-0.05, 0) is 25.1 Å². The van der Waals surface area contributed by atoms with Gasteiger partial charge in [0.15, 0.2) is 0 Å². The van der Waals surface area contributed by atoms with Gasteiger partial charge in [0.25, 0.3) is 0 Å². The molecule has 0 aromatic heterocycles. The number of hydrogen-bond donors (Lipinski definition) is 2. The number of benzene rings is 1. The second-order valence-electron chi connectivity index (χ2n) is 4.67. The second-order valence-corrected chi connectivity index (χ2v) is 4.67. The van der Waals surface area contributed by atoms with Gasteiger partial charge in [-0.15, -0.1) is 0 Å². The predicted octanol–water partition coefficient (Wildman–Crippen LogP) is 0.515. The van der Waals surface area contributed by atoms with Gasteiger partial charge in [0.05, 0.1) is 23.5 Å². The zero-order valence-corrected chi connectivity index (χ0v) is 11.0. The SMILES string of the molecule is CC(CN)N1CC(=O)N(C)c2ccc(C(=O)O)cc21.